The number of hydrogen-bond donors (Lipinski definition) is 0. The van der Waals surface area contributed by atoms with E-state index in [-0.39, 0.29) is 11.5 Å². The molecule has 0 amide bonds. The zero-order chi connectivity index (χ0) is 13.2. The summed E-state index contributed by atoms with van der Waals surface area (Å²) in [4.78, 5) is 11.0. The Kier molecular flexibility index (Phi) is 3.41. The van der Waals surface area contributed by atoms with E-state index in [4.69, 9.17) is 0 Å². The number of carbonyl (C=O) groups is 1. The van der Waals surface area contributed by atoms with Crippen molar-refractivity contribution in [2.75, 3.05) is 0 Å². The molecule has 0 saturated carbocycles. The molecule has 5 heteroatoms. The van der Waals surface area contributed by atoms with Gasteiger partial charge in [0, 0.05) is 6.42 Å². The van der Waals surface area contributed by atoms with E-state index in [1.54, 1.807) is 18.2 Å². The van der Waals surface area contributed by atoms with Gasteiger partial charge < -0.3 is 4.74 Å². The monoisotopic (exact) mass is 256 g/mol. The smallest absolute Gasteiger partial charge is 0.406 e. The van der Waals surface area contributed by atoms with Crippen LogP contribution >= 0.6 is 0 Å². The van der Waals surface area contributed by atoms with Crippen molar-refractivity contribution in [2.45, 2.75) is 25.6 Å². The molecule has 1 aromatic rings. The summed E-state index contributed by atoms with van der Waals surface area (Å²) in [5, 5.41) is 0. The van der Waals surface area contributed by atoms with Crippen LogP contribution in [0.4, 0.5) is 13.2 Å². The molecule has 2 rings (SSSR count). The first-order chi connectivity index (χ1) is 8.42. The number of benzene rings is 1. The Labute approximate surface area is 102 Å². The average molecular weight is 256 g/mol. The van der Waals surface area contributed by atoms with Crippen LogP contribution in [0.25, 0.3) is 0 Å². The van der Waals surface area contributed by atoms with Gasteiger partial charge in [0.05, 0.1) is 0 Å². The lowest BCUT2D eigenvalue weighted by atomic mass is 10.0. The van der Waals surface area contributed by atoms with Gasteiger partial charge in [-0.05, 0) is 36.6 Å². The number of alkyl halides is 3. The Morgan fingerprint density at radius 1 is 1.11 bits per heavy atom. The fourth-order valence-corrected chi connectivity index (χ4v) is 1.87. The van der Waals surface area contributed by atoms with Crippen LogP contribution in [0.15, 0.2) is 35.9 Å². The average Bonchev–Trinajstić information content (AvgIpc) is 2.65. The number of ether oxygens (including phenoxy) is 1. The molecule has 1 aromatic carbocycles. The number of ketones is 1. The third-order valence-electron chi connectivity index (χ3n) is 2.65. The Morgan fingerprint density at radius 3 is 2.28 bits per heavy atom. The second kappa shape index (κ2) is 4.84. The minimum atomic E-state index is -4.66. The highest BCUT2D eigenvalue weighted by Gasteiger charge is 2.30. The van der Waals surface area contributed by atoms with Crippen LogP contribution in [-0.4, -0.2) is 12.1 Å². The summed E-state index contributed by atoms with van der Waals surface area (Å²) in [5.41, 5.74) is 1.88. The maximum atomic E-state index is 11.9. The van der Waals surface area contributed by atoms with Gasteiger partial charge in [-0.1, -0.05) is 17.7 Å². The van der Waals surface area contributed by atoms with Gasteiger partial charge in [0.2, 0.25) is 0 Å². The molecular formula is C13H11F3O2. The Hall–Kier alpha value is -1.78. The molecule has 0 heterocycles. The van der Waals surface area contributed by atoms with Crippen LogP contribution in [0.5, 0.6) is 5.75 Å². The molecule has 0 aliphatic heterocycles. The zero-order valence-corrected chi connectivity index (χ0v) is 9.46. The largest absolute Gasteiger partial charge is 0.573 e. The number of allylic oxidation sites excluding steroid dienone is 2. The second-order valence-electron chi connectivity index (χ2n) is 4.14. The first kappa shape index (κ1) is 12.7. The van der Waals surface area contributed by atoms with E-state index in [0.717, 1.165) is 17.6 Å². The van der Waals surface area contributed by atoms with Crippen molar-refractivity contribution in [3.05, 3.63) is 41.5 Å². The fourth-order valence-electron chi connectivity index (χ4n) is 1.87. The number of carbonyl (C=O) groups excluding carboxylic acids is 1. The second-order valence-corrected chi connectivity index (χ2v) is 4.14. The molecule has 0 unspecified atom stereocenters. The maximum Gasteiger partial charge on any atom is 0.573 e. The molecule has 0 N–H and O–H groups in total. The molecule has 1 aliphatic rings. The van der Waals surface area contributed by atoms with E-state index < -0.39 is 6.36 Å². The summed E-state index contributed by atoms with van der Waals surface area (Å²) in [6.07, 6.45) is -1.19. The van der Waals surface area contributed by atoms with Crippen molar-refractivity contribution in [3.63, 3.8) is 0 Å². The summed E-state index contributed by atoms with van der Waals surface area (Å²) in [5.74, 6) is -0.121. The lowest BCUT2D eigenvalue weighted by Crippen LogP contribution is -2.17. The molecule has 2 nitrogen and oxygen atoms in total. The van der Waals surface area contributed by atoms with E-state index in [1.165, 1.54) is 12.1 Å². The number of rotatable bonds is 3. The van der Waals surface area contributed by atoms with E-state index in [9.17, 15) is 18.0 Å². The van der Waals surface area contributed by atoms with Gasteiger partial charge in [0.1, 0.15) is 5.75 Å². The van der Waals surface area contributed by atoms with Crippen LogP contribution in [0.1, 0.15) is 18.4 Å². The SMILES string of the molecule is O=C1C=C(Cc2ccc(OC(F)(F)F)cc2)CC1. The highest BCUT2D eigenvalue weighted by Crippen LogP contribution is 2.24. The Morgan fingerprint density at radius 2 is 1.78 bits per heavy atom. The first-order valence-electron chi connectivity index (χ1n) is 5.49. The number of hydrogen-bond acceptors (Lipinski definition) is 2. The molecule has 0 radical (unpaired) electrons. The third-order valence-corrected chi connectivity index (χ3v) is 2.65. The van der Waals surface area contributed by atoms with Crippen molar-refractivity contribution in [1.82, 2.24) is 0 Å². The molecule has 0 saturated heterocycles. The van der Waals surface area contributed by atoms with Crippen molar-refractivity contribution >= 4 is 5.78 Å². The summed E-state index contributed by atoms with van der Waals surface area (Å²) >= 11 is 0. The van der Waals surface area contributed by atoms with Gasteiger partial charge in [0.15, 0.2) is 5.78 Å². The van der Waals surface area contributed by atoms with Crippen LogP contribution in [0, 0.1) is 0 Å². The molecule has 1 aliphatic carbocycles. The minimum Gasteiger partial charge on any atom is -0.406 e. The normalized spacial score (nSPS) is 15.7. The van der Waals surface area contributed by atoms with Crippen LogP contribution < -0.4 is 4.74 Å². The summed E-state index contributed by atoms with van der Waals surface area (Å²) in [6, 6.07) is 5.70. The molecule has 0 fully saturated rings. The third kappa shape index (κ3) is 3.61. The topological polar surface area (TPSA) is 26.3 Å². The van der Waals surface area contributed by atoms with Crippen molar-refractivity contribution in [1.29, 1.82) is 0 Å². The van der Waals surface area contributed by atoms with Crippen LogP contribution in [0.3, 0.4) is 0 Å². The van der Waals surface area contributed by atoms with E-state index >= 15 is 0 Å². The minimum absolute atomic E-state index is 0.113. The zero-order valence-electron chi connectivity index (χ0n) is 9.46. The Balaban J connectivity index is 2.00. The molecule has 0 spiro atoms. The quantitative estimate of drug-likeness (QED) is 0.828. The van der Waals surface area contributed by atoms with Gasteiger partial charge in [0.25, 0.3) is 0 Å². The van der Waals surface area contributed by atoms with Crippen molar-refractivity contribution in [3.8, 4) is 5.75 Å². The van der Waals surface area contributed by atoms with Gasteiger partial charge in [-0.25, -0.2) is 0 Å². The molecule has 0 bridgehead atoms. The molecule has 0 aromatic heterocycles. The molecule has 18 heavy (non-hydrogen) atoms. The van der Waals surface area contributed by atoms with Crippen LogP contribution in [-0.2, 0) is 11.2 Å². The highest BCUT2D eigenvalue weighted by atomic mass is 19.4. The van der Waals surface area contributed by atoms with Gasteiger partial charge in [-0.15, -0.1) is 13.2 Å². The van der Waals surface area contributed by atoms with E-state index in [1.807, 2.05) is 0 Å². The summed E-state index contributed by atoms with van der Waals surface area (Å²) in [6.45, 7) is 0. The molecule has 0 atom stereocenters. The van der Waals surface area contributed by atoms with Crippen molar-refractivity contribution in [2.24, 2.45) is 0 Å². The molecule has 96 valence electrons. The van der Waals surface area contributed by atoms with Crippen molar-refractivity contribution < 1.29 is 22.7 Å². The standard InChI is InChI=1S/C13H11F3O2/c14-13(15,16)18-12-5-2-9(3-6-12)7-10-1-4-11(17)8-10/h2-3,5-6,8H,1,4,7H2. The van der Waals surface area contributed by atoms with Crippen LogP contribution in [0.2, 0.25) is 0 Å². The van der Waals surface area contributed by atoms with Gasteiger partial charge in [-0.3, -0.25) is 4.79 Å². The highest BCUT2D eigenvalue weighted by molar-refractivity contribution is 5.93. The lowest BCUT2D eigenvalue weighted by molar-refractivity contribution is -0.274. The van der Waals surface area contributed by atoms with Gasteiger partial charge in [-0.2, -0.15) is 0 Å². The Bertz CT molecular complexity index is 472. The predicted octanol–water partition coefficient (Wildman–Crippen LogP) is 3.42. The maximum absolute atomic E-state index is 11.9. The number of halogens is 3. The molecular weight excluding hydrogens is 245 g/mol. The van der Waals surface area contributed by atoms with Gasteiger partial charge >= 0.3 is 6.36 Å². The predicted molar refractivity (Wildman–Crippen MR) is 59.2 cm³/mol. The lowest BCUT2D eigenvalue weighted by Gasteiger charge is -2.09. The van der Waals surface area contributed by atoms with E-state index in [2.05, 4.69) is 4.74 Å². The van der Waals surface area contributed by atoms with E-state index in [0.29, 0.717) is 12.8 Å². The summed E-state index contributed by atoms with van der Waals surface area (Å²) < 4.78 is 39.6. The summed E-state index contributed by atoms with van der Waals surface area (Å²) in [7, 11) is 0. The first-order valence-corrected chi connectivity index (χ1v) is 5.49. The fraction of sp³-hybridized carbons (Fsp3) is 0.308.